The average molecular weight is 147 g/mol. The van der Waals surface area contributed by atoms with Gasteiger partial charge in [0.25, 0.3) is 0 Å². The summed E-state index contributed by atoms with van der Waals surface area (Å²) < 4.78 is 4.92. The van der Waals surface area contributed by atoms with E-state index in [1.54, 1.807) is 0 Å². The van der Waals surface area contributed by atoms with Gasteiger partial charge in [0, 0.05) is 7.11 Å². The van der Waals surface area contributed by atoms with Crippen molar-refractivity contribution in [2.75, 3.05) is 7.11 Å². The van der Waals surface area contributed by atoms with Crippen LogP contribution >= 0.6 is 0 Å². The van der Waals surface area contributed by atoms with Gasteiger partial charge >= 0.3 is 0 Å². The van der Waals surface area contributed by atoms with Gasteiger partial charge < -0.3 is 4.74 Å². The molecule has 1 aromatic rings. The lowest BCUT2D eigenvalue weighted by molar-refractivity contribution is 0.148. The molecule has 0 fully saturated rings. The highest BCUT2D eigenvalue weighted by atomic mass is 16.5. The van der Waals surface area contributed by atoms with E-state index in [0.717, 1.165) is 5.56 Å². The van der Waals surface area contributed by atoms with Gasteiger partial charge in [0.1, 0.15) is 0 Å². The summed E-state index contributed by atoms with van der Waals surface area (Å²) in [5.41, 5.74) is 0.900. The molecule has 1 aromatic carbocycles. The summed E-state index contributed by atoms with van der Waals surface area (Å²) in [7, 11) is 1.53. The molecule has 0 heterocycles. The van der Waals surface area contributed by atoms with Gasteiger partial charge in [-0.05, 0) is 5.56 Å². The molecule has 0 saturated heterocycles. The zero-order valence-electron chi connectivity index (χ0n) is 6.32. The van der Waals surface area contributed by atoms with Gasteiger partial charge in [0.15, 0.2) is 6.10 Å². The van der Waals surface area contributed by atoms with Crippen LogP contribution in [-0.4, -0.2) is 7.11 Å². The molecule has 0 aromatic heterocycles. The molecule has 0 unspecified atom stereocenters. The molecule has 1 rings (SSSR count). The third-order valence-corrected chi connectivity index (χ3v) is 1.46. The summed E-state index contributed by atoms with van der Waals surface area (Å²) in [5.74, 6) is 0. The van der Waals surface area contributed by atoms with E-state index >= 15 is 0 Å². The fourth-order valence-electron chi connectivity index (χ4n) is 0.891. The van der Waals surface area contributed by atoms with E-state index in [9.17, 15) is 0 Å². The van der Waals surface area contributed by atoms with Crippen molar-refractivity contribution >= 4 is 0 Å². The summed E-state index contributed by atoms with van der Waals surface area (Å²) in [5, 5.41) is 8.60. The molecule has 0 saturated carbocycles. The lowest BCUT2D eigenvalue weighted by atomic mass is 10.1. The van der Waals surface area contributed by atoms with Gasteiger partial charge in [-0.15, -0.1) is 0 Å². The highest BCUT2D eigenvalue weighted by Gasteiger charge is 2.05. The molecule has 56 valence electrons. The number of hydrogen-bond acceptors (Lipinski definition) is 2. The van der Waals surface area contributed by atoms with Crippen LogP contribution in [0.2, 0.25) is 0 Å². The lowest BCUT2D eigenvalue weighted by Crippen LogP contribution is -1.96. The minimum absolute atomic E-state index is 0.434. The smallest absolute Gasteiger partial charge is 0.168 e. The second kappa shape index (κ2) is 3.75. The molecule has 0 aliphatic heterocycles. The molecule has 2 heteroatoms. The number of hydrogen-bond donors (Lipinski definition) is 0. The van der Waals surface area contributed by atoms with Crippen molar-refractivity contribution in [1.82, 2.24) is 0 Å². The minimum atomic E-state index is -0.434. The van der Waals surface area contributed by atoms with E-state index in [1.165, 1.54) is 7.11 Å². The first-order valence-electron chi connectivity index (χ1n) is 3.36. The van der Waals surface area contributed by atoms with Crippen molar-refractivity contribution in [2.45, 2.75) is 6.10 Å². The number of nitrogens with zero attached hydrogens (tertiary/aromatic N) is 1. The van der Waals surface area contributed by atoms with Crippen LogP contribution in [0.25, 0.3) is 0 Å². The maximum Gasteiger partial charge on any atom is 0.168 e. The molecule has 0 spiro atoms. The number of benzene rings is 1. The minimum Gasteiger partial charge on any atom is -0.362 e. The fraction of sp³-hybridized carbons (Fsp3) is 0.222. The van der Waals surface area contributed by atoms with Gasteiger partial charge in [0.2, 0.25) is 0 Å². The van der Waals surface area contributed by atoms with Crippen molar-refractivity contribution in [3.05, 3.63) is 35.9 Å². The van der Waals surface area contributed by atoms with Crippen molar-refractivity contribution in [3.63, 3.8) is 0 Å². The first kappa shape index (κ1) is 7.77. The molecule has 0 radical (unpaired) electrons. The van der Waals surface area contributed by atoms with Gasteiger partial charge in [-0.1, -0.05) is 30.3 Å². The predicted molar refractivity (Wildman–Crippen MR) is 41.8 cm³/mol. The second-order valence-electron chi connectivity index (χ2n) is 2.16. The summed E-state index contributed by atoms with van der Waals surface area (Å²) in [6, 6.07) is 11.5. The molecule has 0 N–H and O–H groups in total. The summed E-state index contributed by atoms with van der Waals surface area (Å²) in [6.07, 6.45) is -0.434. The van der Waals surface area contributed by atoms with Crippen LogP contribution in [0.5, 0.6) is 0 Å². The number of nitriles is 1. The molecular formula is C9H9NO. The summed E-state index contributed by atoms with van der Waals surface area (Å²) >= 11 is 0. The Hall–Kier alpha value is -1.33. The number of rotatable bonds is 2. The Balaban J connectivity index is 2.85. The third-order valence-electron chi connectivity index (χ3n) is 1.46. The van der Waals surface area contributed by atoms with Crippen LogP contribution < -0.4 is 0 Å². The van der Waals surface area contributed by atoms with Crippen molar-refractivity contribution in [2.24, 2.45) is 0 Å². The highest BCUT2D eigenvalue weighted by molar-refractivity contribution is 5.21. The quantitative estimate of drug-likeness (QED) is 0.640. The van der Waals surface area contributed by atoms with E-state index in [0.29, 0.717) is 0 Å². The topological polar surface area (TPSA) is 33.0 Å². The maximum atomic E-state index is 8.60. The standard InChI is InChI=1S/C9H9NO/c1-11-9(7-10)8-5-3-2-4-6-8/h2-6,9H,1H3/t9-/m0/s1. The third kappa shape index (κ3) is 1.79. The van der Waals surface area contributed by atoms with Crippen LogP contribution in [-0.2, 0) is 4.74 Å². The van der Waals surface area contributed by atoms with Crippen LogP contribution in [0.1, 0.15) is 11.7 Å². The zero-order valence-corrected chi connectivity index (χ0v) is 6.32. The monoisotopic (exact) mass is 147 g/mol. The van der Waals surface area contributed by atoms with E-state index in [1.807, 2.05) is 36.4 Å². The van der Waals surface area contributed by atoms with Crippen molar-refractivity contribution in [1.29, 1.82) is 5.26 Å². The van der Waals surface area contributed by atoms with E-state index in [2.05, 4.69) is 0 Å². The summed E-state index contributed by atoms with van der Waals surface area (Å²) in [6.45, 7) is 0. The molecule has 0 aliphatic rings. The molecule has 1 atom stereocenters. The number of methoxy groups -OCH3 is 1. The predicted octanol–water partition coefficient (Wildman–Crippen LogP) is 1.90. The molecule has 0 aliphatic carbocycles. The highest BCUT2D eigenvalue weighted by Crippen LogP contribution is 2.13. The van der Waals surface area contributed by atoms with Gasteiger partial charge in [-0.2, -0.15) is 5.26 Å². The summed E-state index contributed by atoms with van der Waals surface area (Å²) in [4.78, 5) is 0. The fourth-order valence-corrected chi connectivity index (χ4v) is 0.891. The Morgan fingerprint density at radius 2 is 2.00 bits per heavy atom. The number of ether oxygens (including phenoxy) is 1. The largest absolute Gasteiger partial charge is 0.362 e. The zero-order chi connectivity index (χ0) is 8.10. The molecule has 2 nitrogen and oxygen atoms in total. The van der Waals surface area contributed by atoms with E-state index in [4.69, 9.17) is 10.00 Å². The molecular weight excluding hydrogens is 138 g/mol. The SMILES string of the molecule is CO[C@@H](C#N)c1ccccc1. The Bertz CT molecular complexity index is 250. The molecule has 0 bridgehead atoms. The first-order valence-corrected chi connectivity index (χ1v) is 3.36. The van der Waals surface area contributed by atoms with Crippen LogP contribution in [0.4, 0.5) is 0 Å². The van der Waals surface area contributed by atoms with Crippen LogP contribution in [0, 0.1) is 11.3 Å². The van der Waals surface area contributed by atoms with Gasteiger partial charge in [-0.25, -0.2) is 0 Å². The van der Waals surface area contributed by atoms with E-state index < -0.39 is 6.10 Å². The van der Waals surface area contributed by atoms with Gasteiger partial charge in [0.05, 0.1) is 6.07 Å². The van der Waals surface area contributed by atoms with Crippen LogP contribution in [0.15, 0.2) is 30.3 Å². The molecule has 11 heavy (non-hydrogen) atoms. The van der Waals surface area contributed by atoms with Crippen LogP contribution in [0.3, 0.4) is 0 Å². The maximum absolute atomic E-state index is 8.60. The van der Waals surface area contributed by atoms with Crippen molar-refractivity contribution in [3.8, 4) is 6.07 Å². The Morgan fingerprint density at radius 3 is 2.45 bits per heavy atom. The Morgan fingerprint density at radius 1 is 1.36 bits per heavy atom. The van der Waals surface area contributed by atoms with Gasteiger partial charge in [-0.3, -0.25) is 0 Å². The first-order chi connectivity index (χ1) is 5.38. The average Bonchev–Trinajstić information content (AvgIpc) is 2.09. The Labute approximate surface area is 66.0 Å². The molecule has 0 amide bonds. The van der Waals surface area contributed by atoms with Crippen molar-refractivity contribution < 1.29 is 4.74 Å². The van der Waals surface area contributed by atoms with E-state index in [-0.39, 0.29) is 0 Å². The lowest BCUT2D eigenvalue weighted by Gasteiger charge is -2.05. The normalized spacial score (nSPS) is 12.0. The Kier molecular flexibility index (Phi) is 2.65. The second-order valence-corrected chi connectivity index (χ2v) is 2.16.